The van der Waals surface area contributed by atoms with E-state index in [4.69, 9.17) is 10.3 Å². The summed E-state index contributed by atoms with van der Waals surface area (Å²) >= 11 is 0. The predicted molar refractivity (Wildman–Crippen MR) is 133 cm³/mol. The van der Waals surface area contributed by atoms with Crippen molar-refractivity contribution in [3.63, 3.8) is 0 Å². The minimum atomic E-state index is -5.11. The SMILES string of the molecule is NC(=O)Nc1cc(Nc2nc(F)nc(F)n2)ccc1N=Nc1ccc(S(=O)(=O)CCOS(=O)(=O)O)cc1S(=O)(=O)O. The van der Waals surface area contributed by atoms with Crippen LogP contribution in [0.4, 0.5) is 42.3 Å². The molecule has 0 bridgehead atoms. The average Bonchev–Trinajstić information content (AvgIpc) is 2.81. The van der Waals surface area contributed by atoms with Crippen LogP contribution in [0.1, 0.15) is 0 Å². The number of anilines is 3. The lowest BCUT2D eigenvalue weighted by atomic mass is 10.2. The summed E-state index contributed by atoms with van der Waals surface area (Å²) in [4.78, 5) is 19.0. The van der Waals surface area contributed by atoms with Crippen LogP contribution in [0, 0.1) is 12.2 Å². The van der Waals surface area contributed by atoms with Gasteiger partial charge in [0.05, 0.1) is 22.9 Å². The molecule has 2 aromatic carbocycles. The first kappa shape index (κ1) is 31.2. The van der Waals surface area contributed by atoms with Gasteiger partial charge in [-0.05, 0) is 36.4 Å². The summed E-state index contributed by atoms with van der Waals surface area (Å²) in [5.74, 6) is -1.53. The number of aromatic nitrogens is 3. The van der Waals surface area contributed by atoms with Crippen LogP contribution >= 0.6 is 0 Å². The van der Waals surface area contributed by atoms with Crippen LogP contribution < -0.4 is 16.4 Å². The smallest absolute Gasteiger partial charge is 0.351 e. The highest BCUT2D eigenvalue weighted by molar-refractivity contribution is 7.91. The summed E-state index contributed by atoms with van der Waals surface area (Å²) < 4.78 is 119. The van der Waals surface area contributed by atoms with Gasteiger partial charge in [-0.1, -0.05) is 0 Å². The maximum atomic E-state index is 13.2. The largest absolute Gasteiger partial charge is 0.397 e. The Morgan fingerprint density at radius 1 is 0.927 bits per heavy atom. The second-order valence-electron chi connectivity index (χ2n) is 7.42. The van der Waals surface area contributed by atoms with E-state index in [-0.39, 0.29) is 17.1 Å². The predicted octanol–water partition coefficient (Wildman–Crippen LogP) is 1.64. The number of azo groups is 1. The number of nitrogens with two attached hydrogens (primary N) is 1. The molecule has 0 saturated heterocycles. The van der Waals surface area contributed by atoms with Crippen molar-refractivity contribution in [1.82, 2.24) is 15.0 Å². The standard InChI is InChI=1S/C18H16F2N8O10S3/c19-15-24-16(20)26-18(25-15)22-9-1-3-11(13(7-9)23-17(21)29)27-28-12-4-2-10(8-14(12)40(32,33)34)39(30,31)6-5-38-41(35,36)37/h1-4,7-8H,5-6H2,(H3,21,23,29)(H,32,33,34)(H,35,36,37)(H,22,24,25,26). The molecular formula is C18H16F2N8O10S3. The fourth-order valence-electron chi connectivity index (χ4n) is 2.90. The number of amides is 2. The van der Waals surface area contributed by atoms with Crippen molar-refractivity contribution in [3.8, 4) is 0 Å². The van der Waals surface area contributed by atoms with Crippen molar-refractivity contribution in [2.24, 2.45) is 16.0 Å². The molecule has 0 aliphatic carbocycles. The van der Waals surface area contributed by atoms with Crippen molar-refractivity contribution in [2.75, 3.05) is 23.0 Å². The third-order valence-electron chi connectivity index (χ3n) is 4.51. The summed E-state index contributed by atoms with van der Waals surface area (Å²) in [7, 11) is -14.4. The van der Waals surface area contributed by atoms with Crippen LogP contribution in [-0.2, 0) is 34.5 Å². The van der Waals surface area contributed by atoms with E-state index in [1.807, 2.05) is 0 Å². The molecule has 6 N–H and O–H groups in total. The van der Waals surface area contributed by atoms with Crippen molar-refractivity contribution in [1.29, 1.82) is 0 Å². The number of urea groups is 1. The Bertz CT molecular complexity index is 1840. The summed E-state index contributed by atoms with van der Waals surface area (Å²) in [6.07, 6.45) is -2.83. The Kier molecular flexibility index (Phi) is 9.19. The molecule has 0 fully saturated rings. The number of rotatable bonds is 11. The third-order valence-corrected chi connectivity index (χ3v) is 7.53. The van der Waals surface area contributed by atoms with Crippen LogP contribution in [0.25, 0.3) is 0 Å². The summed E-state index contributed by atoms with van der Waals surface area (Å²) in [6.45, 7) is -0.999. The Hall–Kier alpha value is -4.29. The van der Waals surface area contributed by atoms with Gasteiger partial charge >= 0.3 is 28.6 Å². The maximum Gasteiger partial charge on any atom is 0.397 e. The lowest BCUT2D eigenvalue weighted by Crippen LogP contribution is -2.19. The van der Waals surface area contributed by atoms with E-state index in [0.717, 1.165) is 18.2 Å². The van der Waals surface area contributed by atoms with E-state index >= 15 is 0 Å². The Morgan fingerprint density at radius 3 is 2.12 bits per heavy atom. The second kappa shape index (κ2) is 12.1. The number of hydrogen-bond donors (Lipinski definition) is 5. The molecule has 0 saturated carbocycles. The van der Waals surface area contributed by atoms with E-state index in [1.54, 1.807) is 0 Å². The van der Waals surface area contributed by atoms with Crippen LogP contribution in [0.2, 0.25) is 0 Å². The topological polar surface area (TPSA) is 283 Å². The number of carbonyl (C=O) groups excluding carboxylic acids is 1. The number of nitrogens with one attached hydrogen (secondary N) is 2. The zero-order chi connectivity index (χ0) is 30.6. The molecular weight excluding hydrogens is 622 g/mol. The van der Waals surface area contributed by atoms with Crippen molar-refractivity contribution in [2.45, 2.75) is 9.79 Å². The normalized spacial score (nSPS) is 12.4. The van der Waals surface area contributed by atoms with Gasteiger partial charge in [-0.25, -0.2) is 17.4 Å². The van der Waals surface area contributed by atoms with E-state index in [0.29, 0.717) is 6.07 Å². The van der Waals surface area contributed by atoms with Gasteiger partial charge in [-0.15, -0.1) is 10.2 Å². The zero-order valence-corrected chi connectivity index (χ0v) is 22.3. The molecule has 0 atom stereocenters. The molecule has 3 rings (SSSR count). The van der Waals surface area contributed by atoms with Gasteiger partial charge < -0.3 is 16.4 Å². The van der Waals surface area contributed by atoms with Crippen molar-refractivity contribution < 1.29 is 52.1 Å². The number of sulfone groups is 1. The summed E-state index contributed by atoms with van der Waals surface area (Å²) in [5, 5.41) is 12.1. The molecule has 0 aliphatic heterocycles. The monoisotopic (exact) mass is 638 g/mol. The fourth-order valence-corrected chi connectivity index (χ4v) is 5.13. The second-order valence-corrected chi connectivity index (χ2v) is 12.0. The summed E-state index contributed by atoms with van der Waals surface area (Å²) in [6, 6.07) is 4.77. The highest BCUT2D eigenvalue weighted by Gasteiger charge is 2.23. The average molecular weight is 639 g/mol. The number of hydrogen-bond acceptors (Lipinski definition) is 14. The Labute approximate surface area is 229 Å². The van der Waals surface area contributed by atoms with Gasteiger partial charge in [0.1, 0.15) is 16.3 Å². The fraction of sp³-hybridized carbons (Fsp3) is 0.111. The number of benzene rings is 2. The molecule has 3 aromatic rings. The molecule has 0 radical (unpaired) electrons. The van der Waals surface area contributed by atoms with Crippen LogP contribution in [0.5, 0.6) is 0 Å². The Morgan fingerprint density at radius 2 is 1.54 bits per heavy atom. The number of halogens is 2. The lowest BCUT2D eigenvalue weighted by molar-refractivity contribution is 0.259. The quantitative estimate of drug-likeness (QED) is 0.147. The van der Waals surface area contributed by atoms with Gasteiger partial charge in [-0.2, -0.15) is 40.6 Å². The first-order chi connectivity index (χ1) is 18.9. The molecule has 1 heterocycles. The third kappa shape index (κ3) is 9.12. The molecule has 0 aliphatic rings. The molecule has 41 heavy (non-hydrogen) atoms. The first-order valence-electron chi connectivity index (χ1n) is 10.4. The molecule has 2 amide bonds. The van der Waals surface area contributed by atoms with E-state index < -0.39 is 82.3 Å². The highest BCUT2D eigenvalue weighted by Crippen LogP contribution is 2.33. The van der Waals surface area contributed by atoms with Gasteiger partial charge in [0.2, 0.25) is 5.95 Å². The molecule has 0 unspecified atom stereocenters. The van der Waals surface area contributed by atoms with Crippen molar-refractivity contribution >= 4 is 65.1 Å². The van der Waals surface area contributed by atoms with E-state index in [1.165, 1.54) is 12.1 Å². The molecule has 0 spiro atoms. The van der Waals surface area contributed by atoms with Gasteiger partial charge in [0.25, 0.3) is 10.1 Å². The summed E-state index contributed by atoms with van der Waals surface area (Å²) in [5.41, 5.74) is 4.31. The highest BCUT2D eigenvalue weighted by atomic mass is 32.3. The molecule has 23 heteroatoms. The van der Waals surface area contributed by atoms with E-state index in [9.17, 15) is 43.4 Å². The molecule has 220 valence electrons. The number of carbonyl (C=O) groups is 1. The number of nitrogens with zero attached hydrogens (tertiary/aromatic N) is 5. The maximum absolute atomic E-state index is 13.2. The van der Waals surface area contributed by atoms with E-state index in [2.05, 4.69) is 40.0 Å². The van der Waals surface area contributed by atoms with Crippen LogP contribution in [0.15, 0.2) is 56.4 Å². The molecule has 1 aromatic heterocycles. The van der Waals surface area contributed by atoms with Crippen LogP contribution in [0.3, 0.4) is 0 Å². The molecule has 18 nitrogen and oxygen atoms in total. The lowest BCUT2D eigenvalue weighted by Gasteiger charge is -2.10. The number of primary amides is 1. The van der Waals surface area contributed by atoms with Gasteiger partial charge in [-0.3, -0.25) is 9.11 Å². The van der Waals surface area contributed by atoms with Gasteiger partial charge in [0.15, 0.2) is 9.84 Å². The minimum absolute atomic E-state index is 0.0591. The van der Waals surface area contributed by atoms with Crippen LogP contribution in [-0.4, -0.2) is 67.7 Å². The van der Waals surface area contributed by atoms with Gasteiger partial charge in [0, 0.05) is 5.69 Å². The van der Waals surface area contributed by atoms with Crippen molar-refractivity contribution in [3.05, 3.63) is 48.6 Å². The minimum Gasteiger partial charge on any atom is -0.351 e. The Balaban J connectivity index is 1.96. The first-order valence-corrected chi connectivity index (χ1v) is 14.8. The zero-order valence-electron chi connectivity index (χ0n) is 19.8.